The van der Waals surface area contributed by atoms with Crippen molar-refractivity contribution in [3.8, 4) is 11.8 Å². The molecule has 0 fully saturated rings. The average molecular weight is 368 g/mol. The Morgan fingerprint density at radius 3 is 2.64 bits per heavy atom. The van der Waals surface area contributed by atoms with Gasteiger partial charge in [-0.2, -0.15) is 18.4 Å². The number of rotatable bonds is 5. The maximum absolute atomic E-state index is 12.3. The van der Waals surface area contributed by atoms with Gasteiger partial charge >= 0.3 is 6.18 Å². The highest BCUT2D eigenvalue weighted by molar-refractivity contribution is 7.14. The normalized spacial score (nSPS) is 11.0. The molecule has 0 spiro atoms. The van der Waals surface area contributed by atoms with E-state index in [2.05, 4.69) is 10.1 Å². The first kappa shape index (κ1) is 18.8. The maximum Gasteiger partial charge on any atom is 0.422 e. The quantitative estimate of drug-likeness (QED) is 0.833. The predicted octanol–water partition coefficient (Wildman–Crippen LogP) is 4.68. The summed E-state index contributed by atoms with van der Waals surface area (Å²) in [4.78, 5) is 13.9. The maximum atomic E-state index is 12.3. The molecule has 0 aliphatic heterocycles. The summed E-state index contributed by atoms with van der Waals surface area (Å²) < 4.78 is 41.3. The van der Waals surface area contributed by atoms with E-state index in [1.807, 2.05) is 13.8 Å². The number of carbonyl (C=O) groups is 1. The molecule has 25 heavy (non-hydrogen) atoms. The van der Waals surface area contributed by atoms with E-state index < -0.39 is 12.8 Å². The van der Waals surface area contributed by atoms with Crippen LogP contribution in [0, 0.1) is 18.3 Å². The van der Waals surface area contributed by atoms with Gasteiger partial charge < -0.3 is 10.1 Å². The first-order valence-electron chi connectivity index (χ1n) is 7.38. The highest BCUT2D eigenvalue weighted by Crippen LogP contribution is 2.26. The lowest BCUT2D eigenvalue weighted by atomic mass is 10.2. The molecule has 1 N–H and O–H groups in total. The Labute approximate surface area is 146 Å². The van der Waals surface area contributed by atoms with Crippen LogP contribution in [0.2, 0.25) is 0 Å². The van der Waals surface area contributed by atoms with Crippen LogP contribution in [0.3, 0.4) is 0 Å². The minimum absolute atomic E-state index is 0.0846. The fraction of sp³-hybridized carbons (Fsp3) is 0.294. The number of nitriles is 1. The molecule has 1 aromatic carbocycles. The number of halogens is 3. The lowest BCUT2D eigenvalue weighted by Gasteiger charge is -2.11. The van der Waals surface area contributed by atoms with Gasteiger partial charge in [0.2, 0.25) is 0 Å². The summed E-state index contributed by atoms with van der Waals surface area (Å²) in [6.45, 7) is 2.44. The van der Waals surface area contributed by atoms with Gasteiger partial charge in [0.05, 0.1) is 10.4 Å². The molecule has 1 amide bonds. The molecule has 1 heterocycles. The fourth-order valence-electron chi connectivity index (χ4n) is 2.16. The molecule has 1 aromatic heterocycles. The lowest BCUT2D eigenvalue weighted by molar-refractivity contribution is -0.153. The molecule has 8 heteroatoms. The molecule has 0 aliphatic carbocycles. The Morgan fingerprint density at radius 2 is 2.08 bits per heavy atom. The van der Waals surface area contributed by atoms with Gasteiger partial charge in [-0.25, -0.2) is 0 Å². The van der Waals surface area contributed by atoms with Gasteiger partial charge in [-0.1, -0.05) is 6.92 Å². The van der Waals surface area contributed by atoms with E-state index in [-0.39, 0.29) is 17.2 Å². The Kier molecular flexibility index (Phi) is 5.69. The van der Waals surface area contributed by atoms with Gasteiger partial charge in [0, 0.05) is 10.6 Å². The van der Waals surface area contributed by atoms with Crippen LogP contribution in [0.4, 0.5) is 18.9 Å². The third kappa shape index (κ3) is 4.97. The topological polar surface area (TPSA) is 62.1 Å². The van der Waals surface area contributed by atoms with Crippen LogP contribution in [0.1, 0.15) is 32.6 Å². The zero-order valence-corrected chi connectivity index (χ0v) is 14.3. The van der Waals surface area contributed by atoms with Crippen molar-refractivity contribution in [3.63, 3.8) is 0 Å². The Hall–Kier alpha value is -2.53. The molecule has 2 rings (SSSR count). The molecule has 2 aromatic rings. The molecule has 0 saturated carbocycles. The Bertz CT molecular complexity index is 822. The van der Waals surface area contributed by atoms with Gasteiger partial charge in [0.1, 0.15) is 11.8 Å². The van der Waals surface area contributed by atoms with E-state index in [0.717, 1.165) is 16.9 Å². The highest BCUT2D eigenvalue weighted by Gasteiger charge is 2.28. The second kappa shape index (κ2) is 7.57. The van der Waals surface area contributed by atoms with Gasteiger partial charge in [0.15, 0.2) is 6.61 Å². The standard InChI is InChI=1S/C17H15F3N2O2S/c1-3-11-7-15(25-10(11)2)16(23)22-13-4-5-14(12(6-13)8-21)24-9-17(18,19)20/h4-7H,3,9H2,1-2H3,(H,22,23). The van der Waals surface area contributed by atoms with Crippen molar-refractivity contribution >= 4 is 22.9 Å². The summed E-state index contributed by atoms with van der Waals surface area (Å²) in [7, 11) is 0. The Balaban J connectivity index is 2.14. The summed E-state index contributed by atoms with van der Waals surface area (Å²) in [5.41, 5.74) is 1.31. The van der Waals surface area contributed by atoms with E-state index in [0.29, 0.717) is 10.6 Å². The van der Waals surface area contributed by atoms with Crippen LogP contribution >= 0.6 is 11.3 Å². The van der Waals surface area contributed by atoms with Gasteiger partial charge in [-0.05, 0) is 43.2 Å². The second-order valence-electron chi connectivity index (χ2n) is 5.23. The monoisotopic (exact) mass is 368 g/mol. The zero-order valence-electron chi connectivity index (χ0n) is 13.5. The zero-order chi connectivity index (χ0) is 18.6. The molecule has 0 aliphatic rings. The highest BCUT2D eigenvalue weighted by atomic mass is 32.1. The third-order valence-corrected chi connectivity index (χ3v) is 4.47. The molecule has 0 saturated heterocycles. The SMILES string of the molecule is CCc1cc(C(=O)Nc2ccc(OCC(F)(F)F)c(C#N)c2)sc1C. The van der Waals surface area contributed by atoms with Gasteiger partial charge in [-0.15, -0.1) is 11.3 Å². The van der Waals surface area contributed by atoms with Crippen molar-refractivity contribution in [1.29, 1.82) is 5.26 Å². The van der Waals surface area contributed by atoms with Crippen molar-refractivity contribution in [1.82, 2.24) is 0 Å². The van der Waals surface area contributed by atoms with E-state index in [9.17, 15) is 18.0 Å². The molecule has 0 atom stereocenters. The minimum atomic E-state index is -4.49. The number of nitrogens with one attached hydrogen (secondary N) is 1. The van der Waals surface area contributed by atoms with Crippen LogP contribution in [-0.2, 0) is 6.42 Å². The molecule has 0 radical (unpaired) electrons. The molecule has 0 bridgehead atoms. The smallest absolute Gasteiger partial charge is 0.422 e. The first-order valence-corrected chi connectivity index (χ1v) is 8.19. The minimum Gasteiger partial charge on any atom is -0.483 e. The number of ether oxygens (including phenoxy) is 1. The summed E-state index contributed by atoms with van der Waals surface area (Å²) >= 11 is 1.36. The van der Waals surface area contributed by atoms with E-state index >= 15 is 0 Å². The molecular weight excluding hydrogens is 353 g/mol. The van der Waals surface area contributed by atoms with Crippen molar-refractivity contribution in [2.75, 3.05) is 11.9 Å². The predicted molar refractivity (Wildman–Crippen MR) is 89.1 cm³/mol. The molecule has 4 nitrogen and oxygen atoms in total. The van der Waals surface area contributed by atoms with Crippen LogP contribution in [0.15, 0.2) is 24.3 Å². The van der Waals surface area contributed by atoms with Crippen molar-refractivity contribution in [3.05, 3.63) is 45.1 Å². The number of anilines is 1. The summed E-state index contributed by atoms with van der Waals surface area (Å²) in [6.07, 6.45) is -3.67. The number of benzene rings is 1. The van der Waals surface area contributed by atoms with E-state index in [1.54, 1.807) is 12.1 Å². The summed E-state index contributed by atoms with van der Waals surface area (Å²) in [5.74, 6) is -0.515. The third-order valence-electron chi connectivity index (χ3n) is 3.37. The number of nitrogens with zero attached hydrogens (tertiary/aromatic N) is 1. The van der Waals surface area contributed by atoms with Crippen LogP contribution in [-0.4, -0.2) is 18.7 Å². The number of aryl methyl sites for hydroxylation is 2. The number of alkyl halides is 3. The van der Waals surface area contributed by atoms with E-state index in [1.165, 1.54) is 29.5 Å². The average Bonchev–Trinajstić information content (AvgIpc) is 2.93. The lowest BCUT2D eigenvalue weighted by Crippen LogP contribution is -2.19. The van der Waals surface area contributed by atoms with E-state index in [4.69, 9.17) is 5.26 Å². The number of hydrogen-bond acceptors (Lipinski definition) is 4. The van der Waals surface area contributed by atoms with Crippen molar-refractivity contribution < 1.29 is 22.7 Å². The van der Waals surface area contributed by atoms with Crippen LogP contribution < -0.4 is 10.1 Å². The van der Waals surface area contributed by atoms with Crippen LogP contribution in [0.5, 0.6) is 5.75 Å². The second-order valence-corrected chi connectivity index (χ2v) is 6.48. The molecule has 0 unspecified atom stereocenters. The summed E-state index contributed by atoms with van der Waals surface area (Å²) in [6, 6.07) is 7.48. The number of hydrogen-bond donors (Lipinski definition) is 1. The summed E-state index contributed by atoms with van der Waals surface area (Å²) in [5, 5.41) is 11.7. The Morgan fingerprint density at radius 1 is 1.36 bits per heavy atom. The first-order chi connectivity index (χ1) is 11.7. The molecule has 132 valence electrons. The largest absolute Gasteiger partial charge is 0.483 e. The van der Waals surface area contributed by atoms with Gasteiger partial charge in [-0.3, -0.25) is 4.79 Å². The van der Waals surface area contributed by atoms with Crippen molar-refractivity contribution in [2.45, 2.75) is 26.4 Å². The van der Waals surface area contributed by atoms with Gasteiger partial charge in [0.25, 0.3) is 5.91 Å². The number of thiophene rings is 1. The number of carbonyl (C=O) groups excluding carboxylic acids is 1. The van der Waals surface area contributed by atoms with Crippen LogP contribution in [0.25, 0.3) is 0 Å². The fourth-order valence-corrected chi connectivity index (χ4v) is 3.17. The van der Waals surface area contributed by atoms with Crippen molar-refractivity contribution in [2.24, 2.45) is 0 Å². The molecular formula is C17H15F3N2O2S. The number of amides is 1.